The normalized spacial score (nSPS) is 12.4. The molecule has 0 aliphatic carbocycles. The number of carbonyl (C=O) groups is 1. The Morgan fingerprint density at radius 1 is 1.32 bits per heavy atom. The predicted octanol–water partition coefficient (Wildman–Crippen LogP) is 2.64. The van der Waals surface area contributed by atoms with Gasteiger partial charge in [0.05, 0.1) is 12.2 Å². The maximum atomic E-state index is 12.3. The minimum atomic E-state index is -4.38. The van der Waals surface area contributed by atoms with E-state index in [-0.39, 0.29) is 13.2 Å². The van der Waals surface area contributed by atoms with E-state index in [2.05, 4.69) is 0 Å². The number of halogens is 3. The van der Waals surface area contributed by atoms with Gasteiger partial charge in [-0.1, -0.05) is 18.2 Å². The Labute approximate surface area is 108 Å². The van der Waals surface area contributed by atoms with Gasteiger partial charge in [0.25, 0.3) is 0 Å². The van der Waals surface area contributed by atoms with Crippen molar-refractivity contribution in [2.24, 2.45) is 0 Å². The lowest BCUT2D eigenvalue weighted by Gasteiger charge is -2.07. The smallest absolute Gasteiger partial charge is 0.416 e. The van der Waals surface area contributed by atoms with Crippen molar-refractivity contribution in [2.75, 3.05) is 13.2 Å². The Kier molecular flexibility index (Phi) is 5.11. The molecule has 0 aliphatic rings. The van der Waals surface area contributed by atoms with E-state index in [1.54, 1.807) is 0 Å². The van der Waals surface area contributed by atoms with Crippen LogP contribution in [0.1, 0.15) is 18.1 Å². The molecule has 0 bridgehead atoms. The van der Waals surface area contributed by atoms with E-state index in [4.69, 9.17) is 9.84 Å². The molecule has 6 heteroatoms. The summed E-state index contributed by atoms with van der Waals surface area (Å²) in [4.78, 5) is 10.6. The van der Waals surface area contributed by atoms with Crippen LogP contribution in [0.5, 0.6) is 0 Å². The maximum Gasteiger partial charge on any atom is 0.416 e. The zero-order chi connectivity index (χ0) is 14.5. The molecule has 1 aromatic carbocycles. The van der Waals surface area contributed by atoms with Gasteiger partial charge in [-0.2, -0.15) is 13.2 Å². The number of carbonyl (C=O) groups excluding carboxylic acids is 1. The molecule has 0 unspecified atom stereocenters. The van der Waals surface area contributed by atoms with Crippen LogP contribution in [0.4, 0.5) is 13.2 Å². The maximum absolute atomic E-state index is 12.3. The van der Waals surface area contributed by atoms with E-state index in [0.717, 1.165) is 12.1 Å². The topological polar surface area (TPSA) is 46.5 Å². The highest BCUT2D eigenvalue weighted by atomic mass is 19.4. The molecule has 0 amide bonds. The van der Waals surface area contributed by atoms with Crippen molar-refractivity contribution in [3.63, 3.8) is 0 Å². The van der Waals surface area contributed by atoms with Crippen molar-refractivity contribution in [3.8, 4) is 0 Å². The summed E-state index contributed by atoms with van der Waals surface area (Å²) < 4.78 is 41.7. The molecule has 3 nitrogen and oxygen atoms in total. The van der Waals surface area contributed by atoms with Crippen molar-refractivity contribution in [1.29, 1.82) is 0 Å². The molecule has 1 N–H and O–H groups in total. The fraction of sp³-hybridized carbons (Fsp3) is 0.308. The van der Waals surface area contributed by atoms with Crippen molar-refractivity contribution in [3.05, 3.63) is 41.0 Å². The van der Waals surface area contributed by atoms with E-state index < -0.39 is 17.7 Å². The Bertz CT molecular complexity index is 461. The van der Waals surface area contributed by atoms with Gasteiger partial charge in [0.15, 0.2) is 0 Å². The van der Waals surface area contributed by atoms with Gasteiger partial charge in [0, 0.05) is 6.92 Å². The van der Waals surface area contributed by atoms with Crippen LogP contribution in [0.2, 0.25) is 0 Å². The standard InChI is InChI=1S/C13H13F3O3/c1-9(18)19-8-11(7-17)6-10-2-4-12(5-3-10)13(14,15)16/h2-6,17H,7-8H2,1H3/b11-6-. The molecular formula is C13H13F3O3. The van der Waals surface area contributed by atoms with Gasteiger partial charge >= 0.3 is 12.1 Å². The summed E-state index contributed by atoms with van der Waals surface area (Å²) >= 11 is 0. The second kappa shape index (κ2) is 6.38. The van der Waals surface area contributed by atoms with Crippen LogP contribution in [-0.2, 0) is 15.7 Å². The lowest BCUT2D eigenvalue weighted by molar-refractivity contribution is -0.140. The Morgan fingerprint density at radius 3 is 2.32 bits per heavy atom. The first-order valence-electron chi connectivity index (χ1n) is 5.44. The first-order valence-corrected chi connectivity index (χ1v) is 5.44. The summed E-state index contributed by atoms with van der Waals surface area (Å²) in [6, 6.07) is 4.47. The highest BCUT2D eigenvalue weighted by molar-refractivity contribution is 5.66. The van der Waals surface area contributed by atoms with E-state index in [1.165, 1.54) is 25.1 Å². The van der Waals surface area contributed by atoms with Crippen LogP contribution >= 0.6 is 0 Å². The SMILES string of the molecule is CC(=O)OC/C(=C\c1ccc(C(F)(F)F)cc1)CO. The summed E-state index contributed by atoms with van der Waals surface area (Å²) in [6.07, 6.45) is -2.90. The first-order chi connectivity index (χ1) is 8.82. The summed E-state index contributed by atoms with van der Waals surface area (Å²) in [5.74, 6) is -0.494. The third-order valence-corrected chi connectivity index (χ3v) is 2.27. The van der Waals surface area contributed by atoms with Gasteiger partial charge in [-0.15, -0.1) is 0 Å². The van der Waals surface area contributed by atoms with Crippen molar-refractivity contribution >= 4 is 12.0 Å². The molecule has 0 radical (unpaired) electrons. The number of hydrogen-bond acceptors (Lipinski definition) is 3. The molecule has 0 atom stereocenters. The predicted molar refractivity (Wildman–Crippen MR) is 63.1 cm³/mol. The fourth-order valence-electron chi connectivity index (χ4n) is 1.33. The van der Waals surface area contributed by atoms with Crippen LogP contribution in [0, 0.1) is 0 Å². The molecule has 1 rings (SSSR count). The van der Waals surface area contributed by atoms with Gasteiger partial charge in [-0.25, -0.2) is 0 Å². The lowest BCUT2D eigenvalue weighted by atomic mass is 10.1. The Hall–Kier alpha value is -1.82. The number of esters is 1. The molecule has 104 valence electrons. The second-order valence-corrected chi connectivity index (χ2v) is 3.86. The first kappa shape index (κ1) is 15.2. The number of rotatable bonds is 4. The minimum absolute atomic E-state index is 0.0904. The molecule has 19 heavy (non-hydrogen) atoms. The quantitative estimate of drug-likeness (QED) is 0.858. The average molecular weight is 274 g/mol. The minimum Gasteiger partial charge on any atom is -0.461 e. The van der Waals surface area contributed by atoms with Gasteiger partial charge < -0.3 is 9.84 Å². The molecule has 0 saturated carbocycles. The van der Waals surface area contributed by atoms with Crippen LogP contribution < -0.4 is 0 Å². The molecule has 0 aromatic heterocycles. The number of alkyl halides is 3. The average Bonchev–Trinajstić information content (AvgIpc) is 2.33. The highest BCUT2D eigenvalue weighted by Gasteiger charge is 2.29. The van der Waals surface area contributed by atoms with Crippen molar-refractivity contribution in [1.82, 2.24) is 0 Å². The third kappa shape index (κ3) is 5.13. The zero-order valence-corrected chi connectivity index (χ0v) is 10.2. The Balaban J connectivity index is 2.82. The molecule has 0 aliphatic heterocycles. The van der Waals surface area contributed by atoms with Crippen LogP contribution in [0.25, 0.3) is 6.08 Å². The van der Waals surface area contributed by atoms with E-state index in [9.17, 15) is 18.0 Å². The number of hydrogen-bond donors (Lipinski definition) is 1. The zero-order valence-electron chi connectivity index (χ0n) is 10.2. The van der Waals surface area contributed by atoms with Crippen molar-refractivity contribution in [2.45, 2.75) is 13.1 Å². The molecular weight excluding hydrogens is 261 g/mol. The number of aliphatic hydroxyl groups excluding tert-OH is 1. The molecule has 0 spiro atoms. The number of ether oxygens (including phenoxy) is 1. The molecule has 0 saturated heterocycles. The van der Waals surface area contributed by atoms with Gasteiger partial charge in [-0.05, 0) is 23.3 Å². The summed E-state index contributed by atoms with van der Waals surface area (Å²) in [6.45, 7) is 0.800. The van der Waals surface area contributed by atoms with Gasteiger partial charge in [-0.3, -0.25) is 4.79 Å². The number of aliphatic hydroxyl groups is 1. The molecule has 0 heterocycles. The van der Waals surface area contributed by atoms with Crippen LogP contribution in [0.15, 0.2) is 29.8 Å². The lowest BCUT2D eigenvalue weighted by Crippen LogP contribution is -2.06. The number of benzene rings is 1. The summed E-state index contributed by atoms with van der Waals surface area (Å²) in [5, 5.41) is 9.04. The second-order valence-electron chi connectivity index (χ2n) is 3.86. The largest absolute Gasteiger partial charge is 0.461 e. The van der Waals surface area contributed by atoms with E-state index in [1.807, 2.05) is 0 Å². The molecule has 0 fully saturated rings. The van der Waals surface area contributed by atoms with Gasteiger partial charge in [0.1, 0.15) is 6.61 Å². The van der Waals surface area contributed by atoms with E-state index >= 15 is 0 Å². The monoisotopic (exact) mass is 274 g/mol. The van der Waals surface area contributed by atoms with Crippen LogP contribution in [-0.4, -0.2) is 24.3 Å². The van der Waals surface area contributed by atoms with Crippen molar-refractivity contribution < 1.29 is 27.8 Å². The summed E-state index contributed by atoms with van der Waals surface area (Å²) in [5.41, 5.74) is 0.148. The molecule has 1 aromatic rings. The highest BCUT2D eigenvalue weighted by Crippen LogP contribution is 2.29. The third-order valence-electron chi connectivity index (χ3n) is 2.27. The van der Waals surface area contributed by atoms with Crippen LogP contribution in [0.3, 0.4) is 0 Å². The van der Waals surface area contributed by atoms with Gasteiger partial charge in [0.2, 0.25) is 0 Å². The summed E-state index contributed by atoms with van der Waals surface area (Å²) in [7, 11) is 0. The van der Waals surface area contributed by atoms with E-state index in [0.29, 0.717) is 11.1 Å². The Morgan fingerprint density at radius 2 is 1.89 bits per heavy atom. The fourth-order valence-corrected chi connectivity index (χ4v) is 1.33.